The average Bonchev–Trinajstić information content (AvgIpc) is 2.91. The second kappa shape index (κ2) is 8.42. The Kier molecular flexibility index (Phi) is 6.22. The smallest absolute Gasteiger partial charge is 0.203 e. The van der Waals surface area contributed by atoms with E-state index in [4.69, 9.17) is 4.74 Å². The highest BCUT2D eigenvalue weighted by atomic mass is 32.1. The molecule has 5 heteroatoms. The van der Waals surface area contributed by atoms with Crippen molar-refractivity contribution in [2.75, 3.05) is 12.0 Å². The fraction of sp³-hybridized carbons (Fsp3) is 0.375. The Morgan fingerprint density at radius 3 is 2.76 bits per heavy atom. The molecule has 1 N–H and O–H groups in total. The normalized spacial score (nSPS) is 11.0. The minimum absolute atomic E-state index is 0.784. The number of unbranched alkanes of at least 4 members (excludes halogenated alkanes) is 2. The van der Waals surface area contributed by atoms with Gasteiger partial charge < -0.3 is 4.74 Å². The molecule has 21 heavy (non-hydrogen) atoms. The summed E-state index contributed by atoms with van der Waals surface area (Å²) in [5.41, 5.74) is 4.95. The van der Waals surface area contributed by atoms with E-state index in [0.29, 0.717) is 0 Å². The first-order chi connectivity index (χ1) is 10.3. The molecule has 1 aromatic heterocycles. The van der Waals surface area contributed by atoms with Crippen molar-refractivity contribution in [2.24, 2.45) is 5.10 Å². The summed E-state index contributed by atoms with van der Waals surface area (Å²) >= 11 is 1.54. The molecule has 0 aliphatic carbocycles. The Labute approximate surface area is 129 Å². The topological polar surface area (TPSA) is 46.5 Å². The van der Waals surface area contributed by atoms with Gasteiger partial charge in [0.15, 0.2) is 0 Å². The van der Waals surface area contributed by atoms with Crippen LogP contribution in [0.4, 0.5) is 5.13 Å². The molecule has 1 heterocycles. The molecule has 0 amide bonds. The van der Waals surface area contributed by atoms with E-state index in [1.54, 1.807) is 17.6 Å². The molecule has 0 radical (unpaired) electrons. The number of ether oxygens (including phenoxy) is 1. The van der Waals surface area contributed by atoms with Gasteiger partial charge in [0.25, 0.3) is 0 Å². The molecule has 0 saturated carbocycles. The zero-order valence-corrected chi connectivity index (χ0v) is 13.3. The van der Waals surface area contributed by atoms with Gasteiger partial charge in [-0.2, -0.15) is 5.10 Å². The molecule has 2 rings (SSSR count). The van der Waals surface area contributed by atoms with Gasteiger partial charge in [0.1, 0.15) is 5.75 Å². The van der Waals surface area contributed by atoms with Gasteiger partial charge in [-0.15, -0.1) is 11.3 Å². The molecule has 0 aliphatic rings. The van der Waals surface area contributed by atoms with Crippen LogP contribution in [-0.4, -0.2) is 17.8 Å². The van der Waals surface area contributed by atoms with Crippen molar-refractivity contribution in [1.82, 2.24) is 4.98 Å². The number of hydrazone groups is 1. The maximum Gasteiger partial charge on any atom is 0.203 e. The molecule has 4 nitrogen and oxygen atoms in total. The first-order valence-corrected chi connectivity index (χ1v) is 8.10. The predicted octanol–water partition coefficient (Wildman–Crippen LogP) is 4.47. The second-order valence-corrected chi connectivity index (χ2v) is 5.65. The van der Waals surface area contributed by atoms with Crippen LogP contribution in [0, 0.1) is 6.92 Å². The van der Waals surface area contributed by atoms with Crippen LogP contribution >= 0.6 is 11.3 Å². The molecule has 0 bridgehead atoms. The van der Waals surface area contributed by atoms with Gasteiger partial charge in [-0.05, 0) is 43.2 Å². The molecule has 0 unspecified atom stereocenters. The minimum atomic E-state index is 0.784. The Morgan fingerprint density at radius 2 is 2.10 bits per heavy atom. The van der Waals surface area contributed by atoms with Gasteiger partial charge in [0.2, 0.25) is 5.13 Å². The molecular weight excluding hydrogens is 282 g/mol. The van der Waals surface area contributed by atoms with Crippen LogP contribution in [0.1, 0.15) is 37.4 Å². The van der Waals surface area contributed by atoms with Crippen LogP contribution in [0.3, 0.4) is 0 Å². The summed E-state index contributed by atoms with van der Waals surface area (Å²) in [6.45, 7) is 4.94. The number of aromatic nitrogens is 1. The van der Waals surface area contributed by atoms with E-state index >= 15 is 0 Å². The monoisotopic (exact) mass is 303 g/mol. The van der Waals surface area contributed by atoms with Crippen LogP contribution in [0.2, 0.25) is 0 Å². The van der Waals surface area contributed by atoms with Crippen LogP contribution in [0.15, 0.2) is 34.7 Å². The van der Waals surface area contributed by atoms with E-state index in [1.807, 2.05) is 36.6 Å². The number of aryl methyl sites for hydroxylation is 1. The van der Waals surface area contributed by atoms with Gasteiger partial charge in [0.05, 0.1) is 18.5 Å². The van der Waals surface area contributed by atoms with Gasteiger partial charge in [0, 0.05) is 5.38 Å². The third kappa shape index (κ3) is 5.55. The SMILES string of the molecule is CCCCCOc1ccc(/C=N\Nc2nc(C)cs2)cc1. The molecule has 0 fully saturated rings. The van der Waals surface area contributed by atoms with Gasteiger partial charge in [-0.3, -0.25) is 5.43 Å². The number of nitrogens with zero attached hydrogens (tertiary/aromatic N) is 2. The quantitative estimate of drug-likeness (QED) is 0.445. The summed E-state index contributed by atoms with van der Waals surface area (Å²) in [6.07, 6.45) is 5.31. The highest BCUT2D eigenvalue weighted by Gasteiger charge is 1.96. The van der Waals surface area contributed by atoms with Crippen LogP contribution < -0.4 is 10.2 Å². The van der Waals surface area contributed by atoms with E-state index in [9.17, 15) is 0 Å². The third-order valence-corrected chi connectivity index (χ3v) is 3.75. The Morgan fingerprint density at radius 1 is 1.29 bits per heavy atom. The van der Waals surface area contributed by atoms with Crippen molar-refractivity contribution >= 4 is 22.7 Å². The van der Waals surface area contributed by atoms with Gasteiger partial charge >= 0.3 is 0 Å². The van der Waals surface area contributed by atoms with Crippen molar-refractivity contribution in [1.29, 1.82) is 0 Å². The lowest BCUT2D eigenvalue weighted by atomic mass is 10.2. The van der Waals surface area contributed by atoms with E-state index in [-0.39, 0.29) is 0 Å². The van der Waals surface area contributed by atoms with Gasteiger partial charge in [-0.25, -0.2) is 4.98 Å². The lowest BCUT2D eigenvalue weighted by Gasteiger charge is -2.05. The highest BCUT2D eigenvalue weighted by Crippen LogP contribution is 2.14. The number of hydrogen-bond acceptors (Lipinski definition) is 5. The summed E-state index contributed by atoms with van der Waals surface area (Å²) in [4.78, 5) is 4.28. The van der Waals surface area contributed by atoms with Gasteiger partial charge in [-0.1, -0.05) is 19.8 Å². The number of nitrogens with one attached hydrogen (secondary N) is 1. The highest BCUT2D eigenvalue weighted by molar-refractivity contribution is 7.13. The standard InChI is InChI=1S/C16H21N3OS/c1-3-4-5-10-20-15-8-6-14(7-9-15)11-17-19-16-18-13(2)12-21-16/h6-9,11-12H,3-5,10H2,1-2H3,(H,18,19)/b17-11-. The average molecular weight is 303 g/mol. The van der Waals surface area contributed by atoms with E-state index in [1.165, 1.54) is 12.8 Å². The fourth-order valence-electron chi connectivity index (χ4n) is 1.76. The fourth-order valence-corrected chi connectivity index (χ4v) is 2.40. The molecule has 112 valence electrons. The minimum Gasteiger partial charge on any atom is -0.494 e. The number of anilines is 1. The molecule has 0 saturated heterocycles. The zero-order chi connectivity index (χ0) is 14.9. The number of benzene rings is 1. The third-order valence-electron chi connectivity index (χ3n) is 2.89. The van der Waals surface area contributed by atoms with Crippen molar-refractivity contribution in [3.63, 3.8) is 0 Å². The van der Waals surface area contributed by atoms with Crippen molar-refractivity contribution < 1.29 is 4.74 Å². The number of thiazole rings is 1. The number of hydrogen-bond donors (Lipinski definition) is 1. The molecular formula is C16H21N3OS. The lowest BCUT2D eigenvalue weighted by molar-refractivity contribution is 0.306. The Balaban J connectivity index is 1.78. The number of rotatable bonds is 8. The summed E-state index contributed by atoms with van der Waals surface area (Å²) in [5.74, 6) is 0.909. The lowest BCUT2D eigenvalue weighted by Crippen LogP contribution is -1.97. The molecule has 0 aliphatic heterocycles. The second-order valence-electron chi connectivity index (χ2n) is 4.79. The Hall–Kier alpha value is -1.88. The molecule has 0 spiro atoms. The maximum atomic E-state index is 5.67. The molecule has 1 aromatic carbocycles. The molecule has 0 atom stereocenters. The van der Waals surface area contributed by atoms with Crippen molar-refractivity contribution in [2.45, 2.75) is 33.1 Å². The van der Waals surface area contributed by atoms with Crippen molar-refractivity contribution in [3.05, 3.63) is 40.9 Å². The first-order valence-electron chi connectivity index (χ1n) is 7.22. The first kappa shape index (κ1) is 15.5. The Bertz CT molecular complexity index is 563. The van der Waals surface area contributed by atoms with E-state index in [2.05, 4.69) is 22.4 Å². The largest absolute Gasteiger partial charge is 0.494 e. The molecule has 2 aromatic rings. The van der Waals surface area contributed by atoms with Crippen molar-refractivity contribution in [3.8, 4) is 5.75 Å². The zero-order valence-electron chi connectivity index (χ0n) is 12.5. The van der Waals surface area contributed by atoms with Crippen LogP contribution in [-0.2, 0) is 0 Å². The predicted molar refractivity (Wildman–Crippen MR) is 89.5 cm³/mol. The van der Waals surface area contributed by atoms with Crippen LogP contribution in [0.5, 0.6) is 5.75 Å². The summed E-state index contributed by atoms with van der Waals surface area (Å²) < 4.78 is 5.67. The summed E-state index contributed by atoms with van der Waals surface area (Å²) in [7, 11) is 0. The van der Waals surface area contributed by atoms with E-state index in [0.717, 1.165) is 35.2 Å². The summed E-state index contributed by atoms with van der Waals surface area (Å²) in [5, 5.41) is 6.97. The van der Waals surface area contributed by atoms with Crippen LogP contribution in [0.25, 0.3) is 0 Å². The summed E-state index contributed by atoms with van der Waals surface area (Å²) in [6, 6.07) is 7.93. The maximum absolute atomic E-state index is 5.67. The van der Waals surface area contributed by atoms with E-state index < -0.39 is 0 Å².